The van der Waals surface area contributed by atoms with Crippen molar-refractivity contribution in [1.29, 1.82) is 0 Å². The van der Waals surface area contributed by atoms with E-state index >= 15 is 0 Å². The molecule has 9 nitrogen and oxygen atoms in total. The average molecular weight is 814 g/mol. The predicted molar refractivity (Wildman–Crippen MR) is 232 cm³/mol. The molecular weight excluding hydrogens is 759 g/mol. The molecule has 0 radical (unpaired) electrons. The molecule has 1 amide bonds. The summed E-state index contributed by atoms with van der Waals surface area (Å²) in [7, 11) is -3.97. The van der Waals surface area contributed by atoms with Crippen LogP contribution >= 0.6 is 0 Å². The van der Waals surface area contributed by atoms with Crippen LogP contribution in [0.5, 0.6) is 0 Å². The van der Waals surface area contributed by atoms with Crippen LogP contribution in [0.15, 0.2) is 145 Å². The topological polar surface area (TPSA) is 117 Å². The van der Waals surface area contributed by atoms with Gasteiger partial charge in [-0.1, -0.05) is 140 Å². The van der Waals surface area contributed by atoms with E-state index in [0.717, 1.165) is 57.6 Å². The van der Waals surface area contributed by atoms with Crippen molar-refractivity contribution < 1.29 is 27.8 Å². The van der Waals surface area contributed by atoms with Gasteiger partial charge in [-0.15, -0.1) is 6.58 Å². The number of sulfonamides is 1. The molecule has 2 fully saturated rings. The fourth-order valence-electron chi connectivity index (χ4n) is 8.19. The Morgan fingerprint density at radius 1 is 0.847 bits per heavy atom. The number of rotatable bonds is 17. The molecule has 4 unspecified atom stereocenters. The summed E-state index contributed by atoms with van der Waals surface area (Å²) in [6.07, 6.45) is 6.95. The third-order valence-electron chi connectivity index (χ3n) is 11.4. The molecule has 0 bridgehead atoms. The Balaban J connectivity index is 1.07. The van der Waals surface area contributed by atoms with E-state index in [1.807, 2.05) is 116 Å². The van der Waals surface area contributed by atoms with Crippen molar-refractivity contribution >= 4 is 15.9 Å². The predicted octanol–water partition coefficient (Wildman–Crippen LogP) is 8.34. The number of carbonyl (C=O) groups excluding carboxylic acids is 1. The first-order chi connectivity index (χ1) is 28.7. The summed E-state index contributed by atoms with van der Waals surface area (Å²) in [5, 5.41) is 12.7. The van der Waals surface area contributed by atoms with E-state index in [9.17, 15) is 18.3 Å². The lowest BCUT2D eigenvalue weighted by Crippen LogP contribution is -2.47. The van der Waals surface area contributed by atoms with Gasteiger partial charge in [-0.05, 0) is 71.7 Å². The van der Waals surface area contributed by atoms with E-state index in [0.29, 0.717) is 12.5 Å². The molecule has 308 valence electrons. The number of benzene rings is 5. The number of amides is 1. The molecule has 1 saturated heterocycles. The van der Waals surface area contributed by atoms with Gasteiger partial charge in [0.2, 0.25) is 15.9 Å². The lowest BCUT2D eigenvalue weighted by molar-refractivity contribution is -0.253. The molecule has 5 aromatic rings. The van der Waals surface area contributed by atoms with Gasteiger partial charge < -0.3 is 19.9 Å². The van der Waals surface area contributed by atoms with Crippen LogP contribution in [-0.4, -0.2) is 55.6 Å². The highest BCUT2D eigenvalue weighted by molar-refractivity contribution is 7.89. The molecule has 1 saturated carbocycles. The van der Waals surface area contributed by atoms with Gasteiger partial charge in [0.1, 0.15) is 6.04 Å². The fourth-order valence-corrected chi connectivity index (χ4v) is 9.39. The second-order valence-electron chi connectivity index (χ2n) is 15.7. The zero-order chi connectivity index (χ0) is 41.2. The summed E-state index contributed by atoms with van der Waals surface area (Å²) in [6, 6.07) is 39.5. The van der Waals surface area contributed by atoms with E-state index in [4.69, 9.17) is 9.47 Å². The van der Waals surface area contributed by atoms with E-state index in [2.05, 4.69) is 21.5 Å². The first-order valence-corrected chi connectivity index (χ1v) is 22.1. The van der Waals surface area contributed by atoms with Gasteiger partial charge in [0.05, 0.1) is 23.7 Å². The Morgan fingerprint density at radius 2 is 1.53 bits per heavy atom. The Hall–Kier alpha value is -4.94. The summed E-state index contributed by atoms with van der Waals surface area (Å²) in [5.41, 5.74) is 7.39. The number of hydrogen-bond acceptors (Lipinski definition) is 7. The van der Waals surface area contributed by atoms with Crippen LogP contribution in [0.4, 0.5) is 0 Å². The van der Waals surface area contributed by atoms with E-state index < -0.39 is 28.3 Å². The lowest BCUT2D eigenvalue weighted by Gasteiger charge is -2.39. The number of ether oxygens (including phenoxy) is 2. The van der Waals surface area contributed by atoms with Crippen molar-refractivity contribution in [1.82, 2.24) is 14.9 Å². The minimum absolute atomic E-state index is 0.00917. The van der Waals surface area contributed by atoms with E-state index in [-0.39, 0.29) is 36.7 Å². The molecule has 1 aliphatic heterocycles. The maximum absolute atomic E-state index is 13.8. The Kier molecular flexibility index (Phi) is 14.2. The third kappa shape index (κ3) is 11.0. The second kappa shape index (κ2) is 19.9. The highest BCUT2D eigenvalue weighted by Gasteiger charge is 2.35. The SMILES string of the molecule is C=CCN(CC1CC(c2ccc(CO)cc2)OC(c2ccc(-c3ccccc3CNC(=O)C(Cc3ccccc3)NS(=O)(=O)c3ccc(C)cc3)cc2)O1)C1CCCC1. The fraction of sp³-hybridized carbons (Fsp3) is 0.327. The normalized spacial score (nSPS) is 19.1. The largest absolute Gasteiger partial charge is 0.392 e. The smallest absolute Gasteiger partial charge is 0.241 e. The van der Waals surface area contributed by atoms with Crippen molar-refractivity contribution in [2.75, 3.05) is 13.1 Å². The number of nitrogens with one attached hydrogen (secondary N) is 2. The highest BCUT2D eigenvalue weighted by atomic mass is 32.2. The van der Waals surface area contributed by atoms with Gasteiger partial charge in [0.25, 0.3) is 0 Å². The maximum atomic E-state index is 13.8. The molecule has 2 aliphatic rings. The van der Waals surface area contributed by atoms with Crippen molar-refractivity contribution in [3.05, 3.63) is 173 Å². The molecule has 1 heterocycles. The number of aliphatic hydroxyl groups is 1. The van der Waals surface area contributed by atoms with Gasteiger partial charge in [0, 0.05) is 37.7 Å². The number of aliphatic hydroxyl groups excluding tert-OH is 1. The van der Waals surface area contributed by atoms with Crippen molar-refractivity contribution in [3.63, 3.8) is 0 Å². The Labute approximate surface area is 349 Å². The van der Waals surface area contributed by atoms with Crippen LogP contribution in [0.1, 0.15) is 77.9 Å². The quantitative estimate of drug-likeness (QED) is 0.0809. The minimum Gasteiger partial charge on any atom is -0.392 e. The minimum atomic E-state index is -3.97. The van der Waals surface area contributed by atoms with Crippen molar-refractivity contribution in [3.8, 4) is 11.1 Å². The first kappa shape index (κ1) is 42.2. The molecule has 7 rings (SSSR count). The lowest BCUT2D eigenvalue weighted by atomic mass is 9.97. The Morgan fingerprint density at radius 3 is 2.22 bits per heavy atom. The summed E-state index contributed by atoms with van der Waals surface area (Å²) in [4.78, 5) is 16.5. The molecule has 0 spiro atoms. The number of carbonyl (C=O) groups is 1. The van der Waals surface area contributed by atoms with Gasteiger partial charge in [0.15, 0.2) is 6.29 Å². The van der Waals surface area contributed by atoms with Gasteiger partial charge in [-0.25, -0.2) is 8.42 Å². The molecule has 10 heteroatoms. The zero-order valence-electron chi connectivity index (χ0n) is 33.7. The van der Waals surface area contributed by atoms with Crippen LogP contribution in [0.25, 0.3) is 11.1 Å². The molecular formula is C49H55N3O6S. The molecule has 5 aromatic carbocycles. The number of hydrogen-bond donors (Lipinski definition) is 3. The van der Waals surface area contributed by atoms with Crippen LogP contribution in [0, 0.1) is 6.92 Å². The third-order valence-corrected chi connectivity index (χ3v) is 12.9. The Bertz CT molecular complexity index is 2240. The summed E-state index contributed by atoms with van der Waals surface area (Å²) < 4.78 is 43.0. The second-order valence-corrected chi connectivity index (χ2v) is 17.4. The van der Waals surface area contributed by atoms with Gasteiger partial charge in [-0.3, -0.25) is 9.69 Å². The van der Waals surface area contributed by atoms with Crippen LogP contribution in [0.3, 0.4) is 0 Å². The zero-order valence-corrected chi connectivity index (χ0v) is 34.5. The standard InChI is InChI=1S/C49H55N3O6S/c1-3-29-52(42-14-8-9-15-42)33-43-31-47(39-21-19-37(34-53)20-22-39)58-49(57-43)40-25-23-38(24-26-40)45-16-10-7-13-41(45)32-50-48(54)46(30-36-11-5-4-6-12-36)51-59(55,56)44-27-17-35(2)18-28-44/h3-7,10-13,16-28,42-43,46-47,49,51,53H,1,8-9,14-15,29-34H2,2H3,(H,50,54). The van der Waals surface area contributed by atoms with E-state index in [1.165, 1.54) is 25.7 Å². The number of nitrogens with zero attached hydrogens (tertiary/aromatic N) is 1. The first-order valence-electron chi connectivity index (χ1n) is 20.6. The summed E-state index contributed by atoms with van der Waals surface area (Å²) in [6.45, 7) is 7.73. The highest BCUT2D eigenvalue weighted by Crippen LogP contribution is 2.39. The summed E-state index contributed by atoms with van der Waals surface area (Å²) >= 11 is 0. The average Bonchev–Trinajstić information content (AvgIpc) is 3.81. The molecule has 3 N–H and O–H groups in total. The van der Waals surface area contributed by atoms with Gasteiger partial charge in [-0.2, -0.15) is 4.72 Å². The van der Waals surface area contributed by atoms with Crippen molar-refractivity contribution in [2.24, 2.45) is 0 Å². The molecule has 0 aromatic heterocycles. The monoisotopic (exact) mass is 813 g/mol. The van der Waals surface area contributed by atoms with Gasteiger partial charge >= 0.3 is 0 Å². The maximum Gasteiger partial charge on any atom is 0.241 e. The number of aryl methyl sites for hydroxylation is 1. The van der Waals surface area contributed by atoms with Crippen LogP contribution in [0.2, 0.25) is 0 Å². The van der Waals surface area contributed by atoms with E-state index in [1.54, 1.807) is 24.3 Å². The van der Waals surface area contributed by atoms with Crippen molar-refractivity contribution in [2.45, 2.75) is 94.1 Å². The molecule has 1 aliphatic carbocycles. The molecule has 4 atom stereocenters. The summed E-state index contributed by atoms with van der Waals surface area (Å²) in [5.74, 6) is -0.420. The van der Waals surface area contributed by atoms with Crippen LogP contribution in [-0.2, 0) is 43.9 Å². The molecule has 59 heavy (non-hydrogen) atoms. The van der Waals surface area contributed by atoms with Crippen LogP contribution < -0.4 is 10.0 Å².